The Morgan fingerprint density at radius 1 is 1.53 bits per heavy atom. The summed E-state index contributed by atoms with van der Waals surface area (Å²) in [5.74, 6) is -0.102. The fourth-order valence-corrected chi connectivity index (χ4v) is 2.27. The van der Waals surface area contributed by atoms with Gasteiger partial charge in [-0.2, -0.15) is 0 Å². The Bertz CT molecular complexity index is 569. The molecule has 5 nitrogen and oxygen atoms in total. The Hall–Kier alpha value is -1.92. The van der Waals surface area contributed by atoms with Crippen molar-refractivity contribution in [2.24, 2.45) is 0 Å². The maximum absolute atomic E-state index is 11.5. The van der Waals surface area contributed by atoms with E-state index in [0.29, 0.717) is 23.8 Å². The fraction of sp³-hybridized carbons (Fsp3) is 0.231. The van der Waals surface area contributed by atoms with Gasteiger partial charge in [-0.1, -0.05) is 12.1 Å². The van der Waals surface area contributed by atoms with E-state index in [1.54, 1.807) is 7.11 Å². The molecule has 1 aromatic heterocycles. The zero-order chi connectivity index (χ0) is 13.7. The lowest BCUT2D eigenvalue weighted by Gasteiger charge is -2.00. The highest BCUT2D eigenvalue weighted by molar-refractivity contribution is 7.14. The third-order valence-corrected chi connectivity index (χ3v) is 3.22. The summed E-state index contributed by atoms with van der Waals surface area (Å²) in [7, 11) is 1.56. The average molecular weight is 277 g/mol. The number of hydrogen-bond donors (Lipinski definition) is 2. The van der Waals surface area contributed by atoms with Gasteiger partial charge >= 0.3 is 0 Å². The van der Waals surface area contributed by atoms with Crippen LogP contribution in [0.4, 0.5) is 10.8 Å². The number of carbonyl (C=O) groups is 1. The van der Waals surface area contributed by atoms with Gasteiger partial charge in [0.1, 0.15) is 0 Å². The highest BCUT2D eigenvalue weighted by atomic mass is 32.1. The van der Waals surface area contributed by atoms with Crippen LogP contribution in [-0.4, -0.2) is 24.6 Å². The van der Waals surface area contributed by atoms with Gasteiger partial charge in [0.05, 0.1) is 18.7 Å². The molecule has 0 unspecified atom stereocenters. The molecular formula is C13H15N3O2S. The predicted molar refractivity (Wildman–Crippen MR) is 77.1 cm³/mol. The average Bonchev–Trinajstić information content (AvgIpc) is 2.85. The van der Waals surface area contributed by atoms with Crippen LogP contribution in [0.15, 0.2) is 29.6 Å². The minimum absolute atomic E-state index is 0.102. The summed E-state index contributed by atoms with van der Waals surface area (Å²) < 4.78 is 4.85. The number of methoxy groups -OCH3 is 1. The summed E-state index contributed by atoms with van der Waals surface area (Å²) in [6.07, 6.45) is 0.323. The van der Waals surface area contributed by atoms with Crippen LogP contribution in [-0.2, 0) is 9.53 Å². The summed E-state index contributed by atoms with van der Waals surface area (Å²) in [5.41, 5.74) is 8.16. The van der Waals surface area contributed by atoms with Crippen molar-refractivity contribution in [2.75, 3.05) is 24.8 Å². The van der Waals surface area contributed by atoms with Gasteiger partial charge in [-0.05, 0) is 12.1 Å². The van der Waals surface area contributed by atoms with Gasteiger partial charge in [-0.15, -0.1) is 11.3 Å². The molecular weight excluding hydrogens is 262 g/mol. The molecule has 2 aromatic rings. The Balaban J connectivity index is 2.05. The molecule has 2 rings (SSSR count). The van der Waals surface area contributed by atoms with Crippen LogP contribution >= 0.6 is 11.3 Å². The summed E-state index contributed by atoms with van der Waals surface area (Å²) in [4.78, 5) is 15.9. The molecule has 1 heterocycles. The van der Waals surface area contributed by atoms with Crippen molar-refractivity contribution in [2.45, 2.75) is 6.42 Å². The molecule has 100 valence electrons. The second-order valence-electron chi connectivity index (χ2n) is 3.95. The van der Waals surface area contributed by atoms with Crippen LogP contribution in [0, 0.1) is 0 Å². The van der Waals surface area contributed by atoms with E-state index in [1.807, 2.05) is 29.6 Å². The van der Waals surface area contributed by atoms with Crippen LogP contribution in [0.3, 0.4) is 0 Å². The number of aromatic nitrogens is 1. The van der Waals surface area contributed by atoms with Crippen molar-refractivity contribution in [1.29, 1.82) is 0 Å². The van der Waals surface area contributed by atoms with E-state index in [2.05, 4.69) is 10.3 Å². The predicted octanol–water partition coefficient (Wildman–Crippen LogP) is 2.37. The van der Waals surface area contributed by atoms with E-state index in [9.17, 15) is 4.79 Å². The topological polar surface area (TPSA) is 77.2 Å². The number of rotatable bonds is 5. The van der Waals surface area contributed by atoms with E-state index in [1.165, 1.54) is 11.3 Å². The number of hydrogen-bond acceptors (Lipinski definition) is 5. The smallest absolute Gasteiger partial charge is 0.228 e. The molecule has 19 heavy (non-hydrogen) atoms. The minimum Gasteiger partial charge on any atom is -0.399 e. The molecule has 0 radical (unpaired) electrons. The zero-order valence-electron chi connectivity index (χ0n) is 10.6. The number of nitrogen functional groups attached to an aromatic ring is 1. The zero-order valence-corrected chi connectivity index (χ0v) is 11.4. The standard InChI is InChI=1S/C13H15N3O2S/c1-18-6-5-12(17)16-13-15-11(8-19-13)9-3-2-4-10(14)7-9/h2-4,7-8H,5-6,14H2,1H3,(H,15,16,17). The monoisotopic (exact) mass is 277 g/mol. The van der Waals surface area contributed by atoms with Gasteiger partial charge in [0, 0.05) is 23.7 Å². The van der Waals surface area contributed by atoms with Crippen LogP contribution < -0.4 is 11.1 Å². The molecule has 0 aliphatic rings. The molecule has 1 aromatic carbocycles. The van der Waals surface area contributed by atoms with Gasteiger partial charge in [-0.3, -0.25) is 4.79 Å². The Morgan fingerprint density at radius 2 is 2.37 bits per heavy atom. The number of benzene rings is 1. The van der Waals surface area contributed by atoms with Gasteiger partial charge in [0.25, 0.3) is 0 Å². The molecule has 0 aliphatic heterocycles. The van der Waals surface area contributed by atoms with Crippen LogP contribution in [0.25, 0.3) is 11.3 Å². The molecule has 3 N–H and O–H groups in total. The van der Waals surface area contributed by atoms with Crippen LogP contribution in [0.5, 0.6) is 0 Å². The van der Waals surface area contributed by atoms with Gasteiger partial charge in [0.15, 0.2) is 5.13 Å². The first-order valence-electron chi connectivity index (χ1n) is 5.79. The maximum atomic E-state index is 11.5. The molecule has 0 spiro atoms. The Morgan fingerprint density at radius 3 is 3.11 bits per heavy atom. The summed E-state index contributed by atoms with van der Waals surface area (Å²) in [6.45, 7) is 0.402. The highest BCUT2D eigenvalue weighted by Crippen LogP contribution is 2.26. The van der Waals surface area contributed by atoms with Gasteiger partial charge < -0.3 is 15.8 Å². The van der Waals surface area contributed by atoms with Crippen molar-refractivity contribution in [3.05, 3.63) is 29.6 Å². The largest absolute Gasteiger partial charge is 0.399 e. The van der Waals surface area contributed by atoms with Crippen molar-refractivity contribution >= 4 is 28.1 Å². The van der Waals surface area contributed by atoms with Crippen molar-refractivity contribution in [1.82, 2.24) is 4.98 Å². The number of anilines is 2. The molecule has 6 heteroatoms. The molecule has 0 aliphatic carbocycles. The normalized spacial score (nSPS) is 10.4. The maximum Gasteiger partial charge on any atom is 0.228 e. The first kappa shape index (κ1) is 13.5. The number of nitrogens with one attached hydrogen (secondary N) is 1. The van der Waals surface area contributed by atoms with Crippen LogP contribution in [0.2, 0.25) is 0 Å². The van der Waals surface area contributed by atoms with Crippen LogP contribution in [0.1, 0.15) is 6.42 Å². The Labute approximate surface area is 115 Å². The quantitative estimate of drug-likeness (QED) is 0.822. The lowest BCUT2D eigenvalue weighted by molar-refractivity contribution is -0.117. The third-order valence-electron chi connectivity index (χ3n) is 2.47. The van der Waals surface area contributed by atoms with Crippen molar-refractivity contribution in [3.63, 3.8) is 0 Å². The highest BCUT2D eigenvalue weighted by Gasteiger charge is 2.08. The number of nitrogens with two attached hydrogens (primary N) is 1. The number of ether oxygens (including phenoxy) is 1. The minimum atomic E-state index is -0.102. The van der Waals surface area contributed by atoms with E-state index in [4.69, 9.17) is 10.5 Å². The first-order valence-corrected chi connectivity index (χ1v) is 6.67. The number of amides is 1. The summed E-state index contributed by atoms with van der Waals surface area (Å²) in [6, 6.07) is 7.48. The van der Waals surface area contributed by atoms with E-state index in [0.717, 1.165) is 11.3 Å². The Kier molecular flexibility index (Phi) is 4.48. The van der Waals surface area contributed by atoms with Gasteiger partial charge in [0.2, 0.25) is 5.91 Å². The molecule has 0 fully saturated rings. The SMILES string of the molecule is COCCC(=O)Nc1nc(-c2cccc(N)c2)cs1. The second-order valence-corrected chi connectivity index (χ2v) is 4.81. The van der Waals surface area contributed by atoms with Gasteiger partial charge in [-0.25, -0.2) is 4.98 Å². The lowest BCUT2D eigenvalue weighted by atomic mass is 10.1. The lowest BCUT2D eigenvalue weighted by Crippen LogP contribution is -2.13. The second kappa shape index (κ2) is 6.31. The molecule has 0 bridgehead atoms. The van der Waals surface area contributed by atoms with Crippen molar-refractivity contribution in [3.8, 4) is 11.3 Å². The van der Waals surface area contributed by atoms with E-state index < -0.39 is 0 Å². The first-order chi connectivity index (χ1) is 9.19. The molecule has 0 saturated heterocycles. The van der Waals surface area contributed by atoms with Crippen molar-refractivity contribution < 1.29 is 9.53 Å². The summed E-state index contributed by atoms with van der Waals surface area (Å²) in [5, 5.41) is 5.21. The molecule has 1 amide bonds. The summed E-state index contributed by atoms with van der Waals surface area (Å²) >= 11 is 1.39. The molecule has 0 saturated carbocycles. The number of thiazole rings is 1. The third kappa shape index (κ3) is 3.77. The van der Waals surface area contributed by atoms with E-state index >= 15 is 0 Å². The number of nitrogens with zero attached hydrogens (tertiary/aromatic N) is 1. The fourth-order valence-electron chi connectivity index (χ4n) is 1.54. The molecule has 0 atom stereocenters. The number of carbonyl (C=O) groups excluding carboxylic acids is 1. The van der Waals surface area contributed by atoms with E-state index in [-0.39, 0.29) is 5.91 Å².